The van der Waals surface area contributed by atoms with Gasteiger partial charge in [-0.25, -0.2) is 9.18 Å². The first-order valence-corrected chi connectivity index (χ1v) is 13.2. The fraction of sp³-hybridized carbons (Fsp3) is 0.625. The molecule has 3 fully saturated rings. The summed E-state index contributed by atoms with van der Waals surface area (Å²) in [4.78, 5) is 25.4. The maximum absolute atomic E-state index is 15.2. The van der Waals surface area contributed by atoms with Crippen LogP contribution in [0.1, 0.15) is 46.5 Å². The van der Waals surface area contributed by atoms with Gasteiger partial charge < -0.3 is 19.7 Å². The van der Waals surface area contributed by atoms with E-state index < -0.39 is 11.4 Å². The second kappa shape index (κ2) is 9.19. The summed E-state index contributed by atoms with van der Waals surface area (Å²) in [5, 5.41) is 4.01. The van der Waals surface area contributed by atoms with Crippen molar-refractivity contribution in [3.05, 3.63) is 21.4 Å². The number of halogens is 3. The van der Waals surface area contributed by atoms with Crippen LogP contribution in [0.25, 0.3) is 10.9 Å². The zero-order valence-electron chi connectivity index (χ0n) is 20.2. The SMILES string of the molecule is CC(C)(C)OC(=O)N1CC(Nc2nc(OCC34CCCN3CCC4)nc3c(F)c(Br)c(Cl)cc23)C1. The number of hydrogen-bond acceptors (Lipinski definition) is 7. The molecule has 1 amide bonds. The number of benzene rings is 1. The molecule has 0 spiro atoms. The molecule has 8 nitrogen and oxygen atoms in total. The van der Waals surface area contributed by atoms with Crippen LogP contribution >= 0.6 is 27.5 Å². The van der Waals surface area contributed by atoms with Crippen LogP contribution < -0.4 is 10.1 Å². The zero-order chi connectivity index (χ0) is 25.0. The summed E-state index contributed by atoms with van der Waals surface area (Å²) in [6, 6.07) is 1.69. The number of carbonyl (C=O) groups excluding carboxylic acids is 1. The van der Waals surface area contributed by atoms with Gasteiger partial charge in [-0.05, 0) is 81.5 Å². The molecule has 0 radical (unpaired) electrons. The number of hydrogen-bond donors (Lipinski definition) is 1. The Bertz CT molecular complexity index is 1140. The molecule has 190 valence electrons. The largest absolute Gasteiger partial charge is 0.461 e. The number of ether oxygens (including phenoxy) is 2. The highest BCUT2D eigenvalue weighted by molar-refractivity contribution is 9.10. The van der Waals surface area contributed by atoms with Gasteiger partial charge in [-0.2, -0.15) is 9.97 Å². The minimum Gasteiger partial charge on any atom is -0.461 e. The Labute approximate surface area is 217 Å². The van der Waals surface area contributed by atoms with E-state index in [0.717, 1.165) is 38.8 Å². The quantitative estimate of drug-likeness (QED) is 0.494. The molecule has 3 saturated heterocycles. The lowest BCUT2D eigenvalue weighted by Gasteiger charge is -2.40. The molecule has 0 bridgehead atoms. The van der Waals surface area contributed by atoms with Crippen molar-refractivity contribution < 1.29 is 18.7 Å². The molecule has 1 N–H and O–H groups in total. The first-order valence-electron chi connectivity index (χ1n) is 12.0. The van der Waals surface area contributed by atoms with E-state index in [9.17, 15) is 4.79 Å². The average molecular weight is 571 g/mol. The van der Waals surface area contributed by atoms with Gasteiger partial charge >= 0.3 is 12.1 Å². The average Bonchev–Trinajstić information content (AvgIpc) is 3.32. The lowest BCUT2D eigenvalue weighted by molar-refractivity contribution is 0.0104. The van der Waals surface area contributed by atoms with Crippen molar-refractivity contribution in [1.29, 1.82) is 0 Å². The Morgan fingerprint density at radius 1 is 1.29 bits per heavy atom. The molecular formula is C24H30BrClFN5O3. The molecule has 0 saturated carbocycles. The van der Waals surface area contributed by atoms with E-state index in [1.165, 1.54) is 0 Å². The number of likely N-dealkylation sites (tertiary alicyclic amines) is 1. The first kappa shape index (κ1) is 24.8. The molecule has 1 aromatic heterocycles. The number of rotatable bonds is 5. The second-order valence-corrected chi connectivity index (χ2v) is 11.9. The van der Waals surface area contributed by atoms with Crippen molar-refractivity contribution in [2.75, 3.05) is 38.1 Å². The fourth-order valence-electron chi connectivity index (χ4n) is 5.22. The normalized spacial score (nSPS) is 20.1. The monoisotopic (exact) mass is 569 g/mol. The number of anilines is 1. The minimum absolute atomic E-state index is 0.0208. The first-order chi connectivity index (χ1) is 16.5. The number of amides is 1. The van der Waals surface area contributed by atoms with Gasteiger partial charge in [0.05, 0.1) is 21.1 Å². The third-order valence-electron chi connectivity index (χ3n) is 6.96. The Hall–Kier alpha value is -1.91. The van der Waals surface area contributed by atoms with Gasteiger partial charge in [0.25, 0.3) is 0 Å². The van der Waals surface area contributed by atoms with Gasteiger partial charge in [-0.3, -0.25) is 4.90 Å². The molecule has 5 rings (SSSR count). The highest BCUT2D eigenvalue weighted by Crippen LogP contribution is 2.40. The number of nitrogens with one attached hydrogen (secondary N) is 1. The summed E-state index contributed by atoms with van der Waals surface area (Å²) in [6.07, 6.45) is 4.13. The van der Waals surface area contributed by atoms with Crippen LogP contribution in [-0.2, 0) is 4.74 Å². The third kappa shape index (κ3) is 4.89. The Balaban J connectivity index is 1.37. The third-order valence-corrected chi connectivity index (χ3v) is 8.26. The molecule has 2 aromatic rings. The predicted octanol–water partition coefficient (Wildman–Crippen LogP) is 5.22. The Morgan fingerprint density at radius 2 is 1.97 bits per heavy atom. The molecule has 0 atom stereocenters. The van der Waals surface area contributed by atoms with E-state index in [1.807, 2.05) is 20.8 Å². The van der Waals surface area contributed by atoms with E-state index in [0.29, 0.717) is 30.9 Å². The van der Waals surface area contributed by atoms with Gasteiger partial charge in [-0.1, -0.05) is 11.6 Å². The number of aromatic nitrogens is 2. The molecule has 35 heavy (non-hydrogen) atoms. The minimum atomic E-state index is -0.562. The highest BCUT2D eigenvalue weighted by atomic mass is 79.9. The van der Waals surface area contributed by atoms with E-state index in [2.05, 4.69) is 36.1 Å². The lowest BCUT2D eigenvalue weighted by atomic mass is 9.95. The van der Waals surface area contributed by atoms with Crippen LogP contribution in [0.3, 0.4) is 0 Å². The number of fused-ring (bicyclic) bond motifs is 2. The molecular weight excluding hydrogens is 541 g/mol. The van der Waals surface area contributed by atoms with E-state index in [1.54, 1.807) is 11.0 Å². The van der Waals surface area contributed by atoms with Crippen LogP contribution in [0.15, 0.2) is 10.5 Å². The topological polar surface area (TPSA) is 79.8 Å². The van der Waals surface area contributed by atoms with Gasteiger partial charge in [0.1, 0.15) is 23.5 Å². The van der Waals surface area contributed by atoms with Crippen molar-refractivity contribution >= 4 is 50.3 Å². The van der Waals surface area contributed by atoms with Gasteiger partial charge in [-0.15, -0.1) is 0 Å². The van der Waals surface area contributed by atoms with Crippen LogP contribution in [0.2, 0.25) is 5.02 Å². The fourth-order valence-corrected chi connectivity index (χ4v) is 5.72. The maximum Gasteiger partial charge on any atom is 0.410 e. The van der Waals surface area contributed by atoms with Crippen molar-refractivity contribution in [2.45, 2.75) is 63.6 Å². The van der Waals surface area contributed by atoms with Gasteiger partial charge in [0.15, 0.2) is 5.82 Å². The maximum atomic E-state index is 15.2. The zero-order valence-corrected chi connectivity index (χ0v) is 22.5. The van der Waals surface area contributed by atoms with Crippen molar-refractivity contribution in [3.63, 3.8) is 0 Å². The summed E-state index contributed by atoms with van der Waals surface area (Å²) < 4.78 is 26.8. The number of nitrogens with zero attached hydrogens (tertiary/aromatic N) is 4. The lowest BCUT2D eigenvalue weighted by Crippen LogP contribution is -2.58. The summed E-state index contributed by atoms with van der Waals surface area (Å²) in [7, 11) is 0. The smallest absolute Gasteiger partial charge is 0.410 e. The summed E-state index contributed by atoms with van der Waals surface area (Å²) >= 11 is 9.45. The molecule has 3 aliphatic heterocycles. The summed E-state index contributed by atoms with van der Waals surface area (Å²) in [5.41, 5.74) is -0.406. The Morgan fingerprint density at radius 3 is 2.63 bits per heavy atom. The summed E-state index contributed by atoms with van der Waals surface area (Å²) in [6.45, 7) is 9.05. The van der Waals surface area contributed by atoms with Gasteiger partial charge in [0.2, 0.25) is 0 Å². The molecule has 1 aromatic carbocycles. The van der Waals surface area contributed by atoms with Crippen LogP contribution in [0.5, 0.6) is 6.01 Å². The van der Waals surface area contributed by atoms with E-state index in [-0.39, 0.29) is 38.7 Å². The predicted molar refractivity (Wildman–Crippen MR) is 136 cm³/mol. The van der Waals surface area contributed by atoms with Crippen molar-refractivity contribution in [2.24, 2.45) is 0 Å². The number of carbonyl (C=O) groups is 1. The standard InChI is InChI=1S/C24H30BrClFN5O3/c1-23(2,3)35-22(33)31-11-14(12-31)28-20-15-10-16(26)17(25)18(27)19(15)29-21(30-20)34-13-24-6-4-8-32(24)9-5-7-24/h10,14H,4-9,11-13H2,1-3H3,(H,28,29,30). The van der Waals surface area contributed by atoms with Gasteiger partial charge in [0, 0.05) is 18.5 Å². The van der Waals surface area contributed by atoms with Crippen LogP contribution in [0.4, 0.5) is 15.0 Å². The molecule has 0 unspecified atom stereocenters. The summed E-state index contributed by atoms with van der Waals surface area (Å²) in [5.74, 6) is -0.132. The Kier molecular flexibility index (Phi) is 6.51. The molecule has 4 heterocycles. The molecule has 3 aliphatic rings. The van der Waals surface area contributed by atoms with E-state index in [4.69, 9.17) is 21.1 Å². The molecule has 11 heteroatoms. The van der Waals surface area contributed by atoms with Crippen molar-refractivity contribution in [1.82, 2.24) is 19.8 Å². The molecule has 0 aliphatic carbocycles. The van der Waals surface area contributed by atoms with Crippen LogP contribution in [-0.4, -0.2) is 75.8 Å². The van der Waals surface area contributed by atoms with Crippen LogP contribution in [0, 0.1) is 5.82 Å². The second-order valence-electron chi connectivity index (χ2n) is 10.7. The van der Waals surface area contributed by atoms with Crippen molar-refractivity contribution in [3.8, 4) is 6.01 Å². The highest BCUT2D eigenvalue weighted by Gasteiger charge is 2.45. The van der Waals surface area contributed by atoms with E-state index >= 15 is 4.39 Å².